The summed E-state index contributed by atoms with van der Waals surface area (Å²) >= 11 is 0. The van der Waals surface area contributed by atoms with Gasteiger partial charge in [0.25, 0.3) is 5.91 Å². The van der Waals surface area contributed by atoms with Gasteiger partial charge in [0, 0.05) is 44.8 Å². The summed E-state index contributed by atoms with van der Waals surface area (Å²) in [6.45, 7) is 0.812. The molecule has 2 aliphatic rings. The van der Waals surface area contributed by atoms with Gasteiger partial charge in [-0.1, -0.05) is 43.2 Å². The van der Waals surface area contributed by atoms with Crippen LogP contribution in [0.5, 0.6) is 11.5 Å². The second-order valence-corrected chi connectivity index (χ2v) is 11.5. The summed E-state index contributed by atoms with van der Waals surface area (Å²) in [6, 6.07) is 15.6. The minimum Gasteiger partial charge on any atom is -0.493 e. The molecule has 1 saturated heterocycles. The molecular formula is C33H39N5O7. The molecule has 1 aliphatic heterocycles. The third-order valence-corrected chi connectivity index (χ3v) is 8.75. The third-order valence-electron chi connectivity index (χ3n) is 8.75. The molecule has 5 rings (SSSR count). The molecule has 2 fully saturated rings. The first-order valence-electron chi connectivity index (χ1n) is 15.1. The molecule has 2 N–H and O–H groups in total. The first-order valence-corrected chi connectivity index (χ1v) is 15.1. The molecule has 1 saturated carbocycles. The highest BCUT2D eigenvalue weighted by molar-refractivity contribution is 5.98. The zero-order valence-electron chi connectivity index (χ0n) is 25.6. The molecule has 12 heteroatoms. The predicted octanol–water partition coefficient (Wildman–Crippen LogP) is 4.20. The number of carbonyl (C=O) groups is 2. The number of ether oxygens (including phenoxy) is 3. The fraction of sp³-hybridized carbons (Fsp3) is 0.455. The van der Waals surface area contributed by atoms with E-state index in [9.17, 15) is 25.1 Å². The van der Waals surface area contributed by atoms with Gasteiger partial charge in [0.1, 0.15) is 5.60 Å². The van der Waals surface area contributed by atoms with Crippen LogP contribution >= 0.6 is 0 Å². The van der Waals surface area contributed by atoms with Crippen molar-refractivity contribution < 1.29 is 34.0 Å². The summed E-state index contributed by atoms with van der Waals surface area (Å²) in [6.07, 6.45) is 4.01. The molecule has 0 bridgehead atoms. The number of methoxy groups -OCH3 is 2. The number of rotatable bonds is 10. The standard InChI is InChI=1S/C33H39N5O7/c1-43-21-33(42)14-7-6-10-28(33)38-22-35-29(30(38)24-8-4-3-5-9-24)31(39)37-16-15-36(32(40)41)20-25(37)13-17-45-26-12-11-23(19-34)18-27(26)44-2/h3-5,8-9,11-12,18,22,25,28,42H,6-7,10,13-17,20-21H2,1-2H3,(H,40,41)/t25-,28-,33-/m1/s1. The van der Waals surface area contributed by atoms with E-state index in [1.54, 1.807) is 36.5 Å². The second kappa shape index (κ2) is 14.0. The van der Waals surface area contributed by atoms with Crippen LogP contribution in [0.25, 0.3) is 11.3 Å². The minimum absolute atomic E-state index is 0.118. The van der Waals surface area contributed by atoms with E-state index in [0.717, 1.165) is 18.4 Å². The molecule has 2 heterocycles. The fourth-order valence-electron chi connectivity index (χ4n) is 6.50. The summed E-state index contributed by atoms with van der Waals surface area (Å²) in [5, 5.41) is 30.6. The average Bonchev–Trinajstić information content (AvgIpc) is 3.50. The highest BCUT2D eigenvalue weighted by Gasteiger charge is 2.43. The number of nitriles is 1. The van der Waals surface area contributed by atoms with Crippen LogP contribution in [-0.4, -0.2) is 100 Å². The van der Waals surface area contributed by atoms with Crippen LogP contribution in [0, 0.1) is 11.3 Å². The quantitative estimate of drug-likeness (QED) is 0.341. The van der Waals surface area contributed by atoms with Gasteiger partial charge in [-0.25, -0.2) is 9.78 Å². The number of hydrogen-bond acceptors (Lipinski definition) is 8. The number of carboxylic acid groups (broad SMARTS) is 1. The first-order chi connectivity index (χ1) is 21.8. The van der Waals surface area contributed by atoms with Crippen molar-refractivity contribution in [3.63, 3.8) is 0 Å². The Bertz CT molecular complexity index is 1530. The molecular weight excluding hydrogens is 578 g/mol. The fourth-order valence-corrected chi connectivity index (χ4v) is 6.50. The normalized spacial score (nSPS) is 21.6. The summed E-state index contributed by atoms with van der Waals surface area (Å²) in [5.74, 6) is 0.540. The maximum atomic E-state index is 14.4. The van der Waals surface area contributed by atoms with Crippen molar-refractivity contribution in [1.82, 2.24) is 19.4 Å². The van der Waals surface area contributed by atoms with Crippen LogP contribution in [0.1, 0.15) is 54.2 Å². The van der Waals surface area contributed by atoms with E-state index in [0.29, 0.717) is 42.0 Å². The number of imidazole rings is 1. The molecule has 0 spiro atoms. The Morgan fingerprint density at radius 2 is 1.91 bits per heavy atom. The van der Waals surface area contributed by atoms with Gasteiger partial charge < -0.3 is 38.8 Å². The van der Waals surface area contributed by atoms with E-state index in [4.69, 9.17) is 14.2 Å². The van der Waals surface area contributed by atoms with Gasteiger partial charge in [-0.15, -0.1) is 0 Å². The Kier molecular flexibility index (Phi) is 9.90. The van der Waals surface area contributed by atoms with Gasteiger partial charge in [0.15, 0.2) is 17.2 Å². The van der Waals surface area contributed by atoms with E-state index in [2.05, 4.69) is 11.1 Å². The Hall–Kier alpha value is -4.60. The summed E-state index contributed by atoms with van der Waals surface area (Å²) < 4.78 is 18.7. The smallest absolute Gasteiger partial charge is 0.407 e. The van der Waals surface area contributed by atoms with Crippen molar-refractivity contribution in [2.45, 2.75) is 49.8 Å². The zero-order chi connectivity index (χ0) is 32.0. The summed E-state index contributed by atoms with van der Waals surface area (Å²) in [7, 11) is 3.06. The van der Waals surface area contributed by atoms with E-state index in [-0.39, 0.29) is 50.5 Å². The summed E-state index contributed by atoms with van der Waals surface area (Å²) in [4.78, 5) is 33.9. The van der Waals surface area contributed by atoms with Crippen molar-refractivity contribution in [3.8, 4) is 28.8 Å². The Morgan fingerprint density at radius 3 is 2.62 bits per heavy atom. The lowest BCUT2D eigenvalue weighted by Gasteiger charge is -2.41. The van der Waals surface area contributed by atoms with Crippen molar-refractivity contribution in [2.24, 2.45) is 0 Å². The minimum atomic E-state index is -1.11. The number of hydrogen-bond donors (Lipinski definition) is 2. The van der Waals surface area contributed by atoms with Crippen LogP contribution < -0.4 is 9.47 Å². The van der Waals surface area contributed by atoms with Gasteiger partial charge in [0.2, 0.25) is 0 Å². The van der Waals surface area contributed by atoms with Gasteiger partial charge in [-0.05, 0) is 25.0 Å². The van der Waals surface area contributed by atoms with Crippen molar-refractivity contribution >= 4 is 12.0 Å². The topological polar surface area (TPSA) is 150 Å². The van der Waals surface area contributed by atoms with Gasteiger partial charge in [-0.3, -0.25) is 4.79 Å². The number of aromatic nitrogens is 2. The lowest BCUT2D eigenvalue weighted by atomic mass is 9.80. The van der Waals surface area contributed by atoms with Crippen LogP contribution in [0.2, 0.25) is 0 Å². The second-order valence-electron chi connectivity index (χ2n) is 11.5. The Balaban J connectivity index is 1.45. The molecule has 12 nitrogen and oxygen atoms in total. The molecule has 2 amide bonds. The van der Waals surface area contributed by atoms with Crippen LogP contribution in [0.3, 0.4) is 0 Å². The molecule has 45 heavy (non-hydrogen) atoms. The van der Waals surface area contributed by atoms with E-state index in [1.807, 2.05) is 34.9 Å². The maximum Gasteiger partial charge on any atom is 0.407 e. The lowest BCUT2D eigenvalue weighted by molar-refractivity contribution is -0.0893. The Morgan fingerprint density at radius 1 is 1.11 bits per heavy atom. The first kappa shape index (κ1) is 31.8. The number of carbonyl (C=O) groups excluding carboxylic acids is 1. The number of benzene rings is 2. The summed E-state index contributed by atoms with van der Waals surface area (Å²) in [5.41, 5.74) is 0.968. The van der Waals surface area contributed by atoms with Crippen molar-refractivity contribution in [3.05, 3.63) is 66.1 Å². The van der Waals surface area contributed by atoms with Crippen LogP contribution in [0.15, 0.2) is 54.9 Å². The molecule has 3 atom stereocenters. The van der Waals surface area contributed by atoms with Gasteiger partial charge >= 0.3 is 6.09 Å². The van der Waals surface area contributed by atoms with E-state index in [1.165, 1.54) is 12.0 Å². The SMILES string of the molecule is COC[C@]1(O)CCCC[C@H]1n1cnc(C(=O)N2CCN(C(=O)O)C[C@H]2CCOc2ccc(C#N)cc2OC)c1-c1ccccc1. The average molecular weight is 618 g/mol. The molecule has 0 unspecified atom stereocenters. The maximum absolute atomic E-state index is 14.4. The van der Waals surface area contributed by atoms with Crippen LogP contribution in [0.4, 0.5) is 4.79 Å². The van der Waals surface area contributed by atoms with Crippen molar-refractivity contribution in [1.29, 1.82) is 5.26 Å². The zero-order valence-corrected chi connectivity index (χ0v) is 25.6. The number of amides is 2. The number of aliphatic hydroxyl groups is 1. The van der Waals surface area contributed by atoms with Gasteiger partial charge in [0.05, 0.1) is 56.1 Å². The van der Waals surface area contributed by atoms with Crippen molar-refractivity contribution in [2.75, 3.05) is 47.1 Å². The van der Waals surface area contributed by atoms with Crippen LogP contribution in [-0.2, 0) is 4.74 Å². The molecule has 1 aliphatic carbocycles. The highest BCUT2D eigenvalue weighted by atomic mass is 16.5. The molecule has 238 valence electrons. The molecule has 2 aromatic carbocycles. The highest BCUT2D eigenvalue weighted by Crippen LogP contribution is 2.41. The third kappa shape index (κ3) is 6.74. The number of nitrogens with zero attached hydrogens (tertiary/aromatic N) is 5. The predicted molar refractivity (Wildman–Crippen MR) is 164 cm³/mol. The molecule has 1 aromatic heterocycles. The lowest BCUT2D eigenvalue weighted by Crippen LogP contribution is -2.56. The monoisotopic (exact) mass is 617 g/mol. The number of piperazine rings is 1. The van der Waals surface area contributed by atoms with E-state index >= 15 is 0 Å². The largest absolute Gasteiger partial charge is 0.493 e. The molecule has 0 radical (unpaired) electrons. The molecule has 3 aromatic rings. The Labute approximate surface area is 262 Å². The van der Waals surface area contributed by atoms with Gasteiger partial charge in [-0.2, -0.15) is 5.26 Å². The van der Waals surface area contributed by atoms with E-state index < -0.39 is 17.7 Å².